The minimum absolute atomic E-state index is 0.0747. The van der Waals surface area contributed by atoms with E-state index in [0.717, 1.165) is 22.9 Å². The van der Waals surface area contributed by atoms with E-state index in [9.17, 15) is 32.4 Å². The lowest BCUT2D eigenvalue weighted by Gasteiger charge is -2.27. The fraction of sp³-hybridized carbons (Fsp3) is 0.571. The second-order valence-corrected chi connectivity index (χ2v) is 16.6. The Bertz CT molecular complexity index is 1860. The molecule has 3 heterocycles. The Labute approximate surface area is 291 Å². The molecule has 15 heteroatoms. The first-order valence-electron chi connectivity index (χ1n) is 17.2. The predicted molar refractivity (Wildman–Crippen MR) is 183 cm³/mol. The third-order valence-corrected chi connectivity index (χ3v) is 12.1. The quantitative estimate of drug-likeness (QED) is 0.380. The zero-order valence-electron chi connectivity index (χ0n) is 28.8. The number of carbonyl (C=O) groups is 5. The molecular weight excluding hydrogens is 666 g/mol. The summed E-state index contributed by atoms with van der Waals surface area (Å²) in [5.74, 6) is -3.04. The SMILES string of the molecule is CC[C@H]1C[C@@]1(NC(=O)[C@@H]1C[C@@H]2CN1C(=O)CNC(=O)OCC(C)(C)CC/C=C/c1cccc3c1cc(n3C)C(=O)O2)C(=O)NS(=O)(=O)C1CC1. The summed E-state index contributed by atoms with van der Waals surface area (Å²) in [5.41, 5.74) is 0.231. The Morgan fingerprint density at radius 2 is 1.90 bits per heavy atom. The van der Waals surface area contributed by atoms with Crippen molar-refractivity contribution >= 4 is 56.8 Å². The van der Waals surface area contributed by atoms with E-state index in [1.807, 2.05) is 51.1 Å². The van der Waals surface area contributed by atoms with Crippen LogP contribution in [-0.4, -0.2) is 90.3 Å². The van der Waals surface area contributed by atoms with E-state index in [-0.39, 0.29) is 37.3 Å². The molecule has 3 fully saturated rings. The molecule has 4 atom stereocenters. The van der Waals surface area contributed by atoms with E-state index in [4.69, 9.17) is 9.47 Å². The number of carbonyl (C=O) groups excluding carboxylic acids is 5. The summed E-state index contributed by atoms with van der Waals surface area (Å²) in [7, 11) is -2.10. The Hall–Kier alpha value is -4.40. The molecule has 4 aliphatic rings. The third kappa shape index (κ3) is 7.23. The van der Waals surface area contributed by atoms with E-state index < -0.39 is 69.3 Å². The predicted octanol–water partition coefficient (Wildman–Crippen LogP) is 2.76. The number of aromatic nitrogens is 1. The molecule has 50 heavy (non-hydrogen) atoms. The molecule has 1 aromatic heterocycles. The van der Waals surface area contributed by atoms with Crippen LogP contribution in [0.1, 0.15) is 81.8 Å². The highest BCUT2D eigenvalue weighted by molar-refractivity contribution is 7.91. The van der Waals surface area contributed by atoms with E-state index in [2.05, 4.69) is 15.4 Å². The number of nitrogens with one attached hydrogen (secondary N) is 3. The maximum absolute atomic E-state index is 13.9. The maximum atomic E-state index is 13.9. The van der Waals surface area contributed by atoms with Crippen molar-refractivity contribution in [3.63, 3.8) is 0 Å². The van der Waals surface area contributed by atoms with Gasteiger partial charge in [0.05, 0.1) is 18.4 Å². The van der Waals surface area contributed by atoms with Crippen LogP contribution < -0.4 is 15.4 Å². The van der Waals surface area contributed by atoms with Crippen LogP contribution >= 0.6 is 0 Å². The lowest BCUT2D eigenvalue weighted by molar-refractivity contribution is -0.139. The number of cyclic esters (lactones) is 1. The molecule has 0 spiro atoms. The zero-order chi connectivity index (χ0) is 36.0. The van der Waals surface area contributed by atoms with Crippen LogP contribution in [0, 0.1) is 11.3 Å². The average Bonchev–Trinajstić information content (AvgIpc) is 3.97. The number of amides is 4. The van der Waals surface area contributed by atoms with Gasteiger partial charge in [-0.25, -0.2) is 18.0 Å². The number of fused-ring (bicyclic) bond motifs is 3. The molecule has 6 rings (SSSR count). The Balaban J connectivity index is 1.26. The van der Waals surface area contributed by atoms with Gasteiger partial charge in [0.15, 0.2) is 0 Å². The van der Waals surface area contributed by atoms with Crippen LogP contribution in [0.25, 0.3) is 17.0 Å². The number of alkyl carbamates (subject to hydrolysis) is 1. The first kappa shape index (κ1) is 35.4. The second-order valence-electron chi connectivity index (χ2n) is 14.7. The normalized spacial score (nSPS) is 28.0. The minimum atomic E-state index is -3.87. The standard InChI is InChI=1S/C35H45N5O9S/c1-5-22-17-35(22,32(44)38-50(46,47)24-12-13-24)37-30(42)27-15-23-19-40(27)29(41)18-36-33(45)48-20-34(2,3)14-7-6-9-21-10-8-11-26-25(21)16-28(39(26)4)31(43)49-23/h6,8-11,16,22-24,27H,5,7,12-15,17-20H2,1-4H3,(H,36,45)(H,37,42)(H,38,44)/b9-6+/t22-,23+,27-,35-/m0/s1. The molecule has 0 unspecified atom stereocenters. The van der Waals surface area contributed by atoms with Gasteiger partial charge in [0.25, 0.3) is 5.91 Å². The second kappa shape index (κ2) is 13.4. The molecule has 270 valence electrons. The first-order chi connectivity index (χ1) is 23.6. The Morgan fingerprint density at radius 3 is 2.60 bits per heavy atom. The summed E-state index contributed by atoms with van der Waals surface area (Å²) in [4.78, 5) is 68.3. The van der Waals surface area contributed by atoms with Gasteiger partial charge in [-0.1, -0.05) is 51.5 Å². The number of sulfonamides is 1. The molecule has 2 aliphatic heterocycles. The van der Waals surface area contributed by atoms with Crippen molar-refractivity contribution in [3.05, 3.63) is 41.6 Å². The van der Waals surface area contributed by atoms with Gasteiger partial charge in [-0.3, -0.25) is 19.1 Å². The topological polar surface area (TPSA) is 182 Å². The van der Waals surface area contributed by atoms with Crippen molar-refractivity contribution < 1.29 is 41.9 Å². The lowest BCUT2D eigenvalue weighted by Crippen LogP contribution is -2.57. The number of rotatable bonds is 6. The zero-order valence-corrected chi connectivity index (χ0v) is 29.6. The first-order valence-corrected chi connectivity index (χ1v) is 18.7. The van der Waals surface area contributed by atoms with E-state index in [1.54, 1.807) is 17.7 Å². The molecule has 4 bridgehead atoms. The molecule has 1 aromatic carbocycles. The summed E-state index contributed by atoms with van der Waals surface area (Å²) < 4.78 is 40.4. The summed E-state index contributed by atoms with van der Waals surface area (Å²) in [5, 5.41) is 5.46. The summed E-state index contributed by atoms with van der Waals surface area (Å²) in [6.45, 7) is 5.28. The van der Waals surface area contributed by atoms with Gasteiger partial charge < -0.3 is 29.6 Å². The van der Waals surface area contributed by atoms with Gasteiger partial charge in [0.1, 0.15) is 29.9 Å². The van der Waals surface area contributed by atoms with Crippen LogP contribution in [-0.2, 0) is 40.9 Å². The molecule has 2 saturated carbocycles. The molecular formula is C35H45N5O9S. The lowest BCUT2D eigenvalue weighted by atomic mass is 9.88. The molecule has 2 aromatic rings. The number of esters is 1. The van der Waals surface area contributed by atoms with Crippen molar-refractivity contribution in [2.45, 2.75) is 88.7 Å². The minimum Gasteiger partial charge on any atom is -0.456 e. The fourth-order valence-electron chi connectivity index (χ4n) is 6.96. The van der Waals surface area contributed by atoms with Crippen LogP contribution in [0.2, 0.25) is 0 Å². The van der Waals surface area contributed by atoms with E-state index in [0.29, 0.717) is 31.4 Å². The summed E-state index contributed by atoms with van der Waals surface area (Å²) >= 11 is 0. The number of aryl methyl sites for hydroxylation is 1. The Morgan fingerprint density at radius 1 is 1.14 bits per heavy atom. The number of benzene rings is 1. The number of hydrogen-bond acceptors (Lipinski definition) is 9. The van der Waals surface area contributed by atoms with Crippen LogP contribution in [0.3, 0.4) is 0 Å². The molecule has 14 nitrogen and oxygen atoms in total. The van der Waals surface area contributed by atoms with E-state index in [1.165, 1.54) is 4.90 Å². The number of ether oxygens (including phenoxy) is 2. The van der Waals surface area contributed by atoms with Crippen LogP contribution in [0.4, 0.5) is 4.79 Å². The number of hydrogen-bond donors (Lipinski definition) is 3. The molecule has 2 aliphatic carbocycles. The molecule has 0 radical (unpaired) electrons. The van der Waals surface area contributed by atoms with Gasteiger partial charge in [0.2, 0.25) is 21.8 Å². The number of nitrogens with zero attached hydrogens (tertiary/aromatic N) is 2. The smallest absolute Gasteiger partial charge is 0.407 e. The van der Waals surface area contributed by atoms with Gasteiger partial charge in [-0.15, -0.1) is 0 Å². The van der Waals surface area contributed by atoms with Crippen molar-refractivity contribution in [3.8, 4) is 0 Å². The fourth-order valence-corrected chi connectivity index (χ4v) is 8.32. The van der Waals surface area contributed by atoms with Crippen LogP contribution in [0.15, 0.2) is 30.3 Å². The van der Waals surface area contributed by atoms with Gasteiger partial charge in [-0.05, 0) is 61.1 Å². The van der Waals surface area contributed by atoms with Gasteiger partial charge >= 0.3 is 12.1 Å². The van der Waals surface area contributed by atoms with Crippen molar-refractivity contribution in [1.82, 2.24) is 24.8 Å². The third-order valence-electron chi connectivity index (χ3n) is 10.3. The average molecular weight is 712 g/mol. The monoisotopic (exact) mass is 711 g/mol. The highest BCUT2D eigenvalue weighted by atomic mass is 32.2. The maximum Gasteiger partial charge on any atom is 0.407 e. The van der Waals surface area contributed by atoms with Crippen molar-refractivity contribution in [2.75, 3.05) is 19.7 Å². The highest BCUT2D eigenvalue weighted by Gasteiger charge is 2.62. The molecule has 4 amide bonds. The highest BCUT2D eigenvalue weighted by Crippen LogP contribution is 2.47. The summed E-state index contributed by atoms with van der Waals surface area (Å²) in [6.07, 6.45) is 5.40. The Kier molecular flexibility index (Phi) is 9.48. The number of allylic oxidation sites excluding steroid dienone is 1. The molecule has 3 N–H and O–H groups in total. The summed E-state index contributed by atoms with van der Waals surface area (Å²) in [6, 6.07) is 6.37. The van der Waals surface area contributed by atoms with Crippen molar-refractivity contribution in [2.24, 2.45) is 18.4 Å². The van der Waals surface area contributed by atoms with Crippen LogP contribution in [0.5, 0.6) is 0 Å². The van der Waals surface area contributed by atoms with Crippen molar-refractivity contribution in [1.29, 1.82) is 0 Å². The molecule has 1 saturated heterocycles. The largest absolute Gasteiger partial charge is 0.456 e. The van der Waals surface area contributed by atoms with Gasteiger partial charge in [-0.2, -0.15) is 0 Å². The van der Waals surface area contributed by atoms with E-state index >= 15 is 0 Å². The van der Waals surface area contributed by atoms with Gasteiger partial charge in [0, 0.05) is 24.4 Å².